The highest BCUT2D eigenvalue weighted by molar-refractivity contribution is 5.52. The molecule has 0 saturated heterocycles. The van der Waals surface area contributed by atoms with E-state index in [1.807, 2.05) is 0 Å². The number of rotatable bonds is 3. The molecular weight excluding hydrogens is 362 g/mol. The number of hydrogen-bond donors (Lipinski definition) is 0. The number of hydrogen-bond acceptors (Lipinski definition) is 5. The number of fused-ring (bicyclic) bond motifs is 1. The van der Waals surface area contributed by atoms with E-state index in [9.17, 15) is 17.6 Å². The Morgan fingerprint density at radius 3 is 2.37 bits per heavy atom. The SMILES string of the molecule is Fc1cc(F)c(F)c(CN2CCc3nc(-c4cncnc4)ncc3C2)c1F. The van der Waals surface area contributed by atoms with Gasteiger partial charge in [-0.3, -0.25) is 4.90 Å². The van der Waals surface area contributed by atoms with Gasteiger partial charge in [-0.1, -0.05) is 0 Å². The largest absolute Gasteiger partial charge is 0.294 e. The topological polar surface area (TPSA) is 54.8 Å². The molecule has 27 heavy (non-hydrogen) atoms. The second kappa shape index (κ2) is 6.99. The zero-order valence-electron chi connectivity index (χ0n) is 14.0. The molecule has 0 saturated carbocycles. The van der Waals surface area contributed by atoms with Gasteiger partial charge in [-0.05, 0) is 0 Å². The van der Waals surface area contributed by atoms with Crippen LogP contribution < -0.4 is 0 Å². The van der Waals surface area contributed by atoms with Crippen LogP contribution in [0.5, 0.6) is 0 Å². The fourth-order valence-corrected chi connectivity index (χ4v) is 3.05. The Morgan fingerprint density at radius 1 is 0.963 bits per heavy atom. The van der Waals surface area contributed by atoms with E-state index in [4.69, 9.17) is 0 Å². The summed E-state index contributed by atoms with van der Waals surface area (Å²) < 4.78 is 54.6. The van der Waals surface area contributed by atoms with Crippen molar-refractivity contribution >= 4 is 0 Å². The molecule has 4 rings (SSSR count). The maximum atomic E-state index is 13.9. The number of halogens is 4. The molecule has 9 heteroatoms. The molecule has 0 bridgehead atoms. The van der Waals surface area contributed by atoms with Gasteiger partial charge in [-0.25, -0.2) is 37.5 Å². The Bertz CT molecular complexity index is 971. The molecule has 138 valence electrons. The van der Waals surface area contributed by atoms with E-state index in [1.165, 1.54) is 6.33 Å². The van der Waals surface area contributed by atoms with Crippen LogP contribution in [0.2, 0.25) is 0 Å². The predicted molar refractivity (Wildman–Crippen MR) is 87.2 cm³/mol. The lowest BCUT2D eigenvalue weighted by atomic mass is 10.1. The zero-order valence-corrected chi connectivity index (χ0v) is 14.0. The molecule has 0 fully saturated rings. The molecule has 1 aliphatic heterocycles. The van der Waals surface area contributed by atoms with E-state index >= 15 is 0 Å². The third kappa shape index (κ3) is 3.37. The van der Waals surface area contributed by atoms with E-state index < -0.39 is 28.8 Å². The number of benzene rings is 1. The summed E-state index contributed by atoms with van der Waals surface area (Å²) in [6.45, 7) is 0.504. The maximum absolute atomic E-state index is 13.9. The van der Waals surface area contributed by atoms with Crippen molar-refractivity contribution in [1.29, 1.82) is 0 Å². The molecule has 0 unspecified atom stereocenters. The molecule has 1 aromatic carbocycles. The van der Waals surface area contributed by atoms with Crippen LogP contribution in [0.25, 0.3) is 11.4 Å². The first-order valence-electron chi connectivity index (χ1n) is 8.17. The Morgan fingerprint density at radius 2 is 1.67 bits per heavy atom. The summed E-state index contributed by atoms with van der Waals surface area (Å²) in [5.74, 6) is -5.04. The molecule has 5 nitrogen and oxygen atoms in total. The first-order chi connectivity index (χ1) is 13.0. The lowest BCUT2D eigenvalue weighted by Crippen LogP contribution is -2.32. The van der Waals surface area contributed by atoms with Crippen molar-refractivity contribution in [2.24, 2.45) is 0 Å². The van der Waals surface area contributed by atoms with Gasteiger partial charge in [0.1, 0.15) is 6.33 Å². The molecular formula is C18H13F4N5. The minimum atomic E-state index is -1.40. The first kappa shape index (κ1) is 17.5. The minimum absolute atomic E-state index is 0.211. The van der Waals surface area contributed by atoms with Gasteiger partial charge in [0, 0.05) is 61.8 Å². The van der Waals surface area contributed by atoms with E-state index in [0.717, 1.165) is 11.3 Å². The molecule has 0 amide bonds. The summed E-state index contributed by atoms with van der Waals surface area (Å²) in [5.41, 5.74) is 1.67. The van der Waals surface area contributed by atoms with Crippen LogP contribution in [-0.4, -0.2) is 31.4 Å². The summed E-state index contributed by atoms with van der Waals surface area (Å²) >= 11 is 0. The van der Waals surface area contributed by atoms with Crippen LogP contribution in [0.3, 0.4) is 0 Å². The van der Waals surface area contributed by atoms with E-state index in [-0.39, 0.29) is 12.6 Å². The molecule has 0 radical (unpaired) electrons. The van der Waals surface area contributed by atoms with Gasteiger partial charge in [0.25, 0.3) is 0 Å². The molecule has 0 atom stereocenters. The summed E-state index contributed by atoms with van der Waals surface area (Å²) in [5, 5.41) is 0. The van der Waals surface area contributed by atoms with E-state index in [1.54, 1.807) is 23.5 Å². The van der Waals surface area contributed by atoms with Crippen molar-refractivity contribution in [2.75, 3.05) is 6.54 Å². The second-order valence-corrected chi connectivity index (χ2v) is 6.20. The fraction of sp³-hybridized carbons (Fsp3) is 0.222. The van der Waals surface area contributed by atoms with Crippen molar-refractivity contribution < 1.29 is 17.6 Å². The smallest absolute Gasteiger partial charge is 0.166 e. The van der Waals surface area contributed by atoms with Crippen molar-refractivity contribution in [2.45, 2.75) is 19.5 Å². The maximum Gasteiger partial charge on any atom is 0.166 e. The van der Waals surface area contributed by atoms with Gasteiger partial charge >= 0.3 is 0 Å². The summed E-state index contributed by atoms with van der Waals surface area (Å²) in [6.07, 6.45) is 6.77. The highest BCUT2D eigenvalue weighted by Gasteiger charge is 2.24. The highest BCUT2D eigenvalue weighted by atomic mass is 19.2. The Kier molecular flexibility index (Phi) is 4.53. The minimum Gasteiger partial charge on any atom is -0.294 e. The van der Waals surface area contributed by atoms with Gasteiger partial charge in [-0.15, -0.1) is 0 Å². The predicted octanol–water partition coefficient (Wildman–Crippen LogP) is 3.05. The van der Waals surface area contributed by atoms with Crippen molar-refractivity contribution in [3.05, 3.63) is 71.1 Å². The molecule has 1 aliphatic rings. The van der Waals surface area contributed by atoms with Crippen LogP contribution in [0.1, 0.15) is 16.8 Å². The lowest BCUT2D eigenvalue weighted by molar-refractivity contribution is 0.233. The molecule has 3 heterocycles. The Balaban J connectivity index is 1.56. The summed E-state index contributed by atoms with van der Waals surface area (Å²) in [7, 11) is 0. The molecule has 0 aliphatic carbocycles. The van der Waals surface area contributed by atoms with Crippen LogP contribution in [-0.2, 0) is 19.5 Å². The Hall–Kier alpha value is -2.94. The third-order valence-corrected chi connectivity index (χ3v) is 4.42. The molecule has 0 spiro atoms. The van der Waals surface area contributed by atoms with Crippen LogP contribution in [0.4, 0.5) is 17.6 Å². The summed E-state index contributed by atoms with van der Waals surface area (Å²) in [4.78, 5) is 18.3. The van der Waals surface area contributed by atoms with Gasteiger partial charge in [-0.2, -0.15) is 0 Å². The highest BCUT2D eigenvalue weighted by Crippen LogP contribution is 2.25. The fourth-order valence-electron chi connectivity index (χ4n) is 3.05. The van der Waals surface area contributed by atoms with E-state index in [0.29, 0.717) is 30.9 Å². The monoisotopic (exact) mass is 375 g/mol. The molecule has 2 aromatic heterocycles. The number of nitrogens with zero attached hydrogens (tertiary/aromatic N) is 5. The van der Waals surface area contributed by atoms with Crippen LogP contribution >= 0.6 is 0 Å². The van der Waals surface area contributed by atoms with Gasteiger partial charge < -0.3 is 0 Å². The Labute approximate surface area is 151 Å². The average molecular weight is 375 g/mol. The number of aromatic nitrogens is 4. The van der Waals surface area contributed by atoms with Gasteiger partial charge in [0.2, 0.25) is 0 Å². The second-order valence-electron chi connectivity index (χ2n) is 6.20. The van der Waals surface area contributed by atoms with Gasteiger partial charge in [0.05, 0.1) is 11.3 Å². The van der Waals surface area contributed by atoms with Crippen LogP contribution in [0.15, 0.2) is 31.0 Å². The van der Waals surface area contributed by atoms with Crippen molar-refractivity contribution in [3.63, 3.8) is 0 Å². The van der Waals surface area contributed by atoms with Crippen LogP contribution in [0, 0.1) is 23.3 Å². The van der Waals surface area contributed by atoms with Crippen molar-refractivity contribution in [3.8, 4) is 11.4 Å². The quantitative estimate of drug-likeness (QED) is 0.520. The normalized spacial score (nSPS) is 14.2. The van der Waals surface area contributed by atoms with Crippen molar-refractivity contribution in [1.82, 2.24) is 24.8 Å². The summed E-state index contributed by atoms with van der Waals surface area (Å²) in [6, 6.07) is 0.211. The standard InChI is InChI=1S/C18H13F4N5/c19-13-3-14(20)17(22)12(16(13)21)8-27-2-1-15-11(7-27)6-25-18(26-15)10-4-23-9-24-5-10/h3-6,9H,1-2,7-8H2. The molecule has 3 aromatic rings. The molecule has 0 N–H and O–H groups in total. The first-order valence-corrected chi connectivity index (χ1v) is 8.17. The van der Waals surface area contributed by atoms with E-state index in [2.05, 4.69) is 19.9 Å². The third-order valence-electron chi connectivity index (χ3n) is 4.42. The lowest BCUT2D eigenvalue weighted by Gasteiger charge is -2.28. The van der Waals surface area contributed by atoms with Gasteiger partial charge in [0.15, 0.2) is 29.1 Å². The zero-order chi connectivity index (χ0) is 19.0. The average Bonchev–Trinajstić information content (AvgIpc) is 2.70.